The van der Waals surface area contributed by atoms with E-state index in [1.807, 2.05) is 0 Å². The second kappa shape index (κ2) is 10.5. The molecule has 1 saturated heterocycles. The highest BCUT2D eigenvalue weighted by Crippen LogP contribution is 2.76. The molecule has 0 aromatic heterocycles. The van der Waals surface area contributed by atoms with Crippen molar-refractivity contribution in [3.05, 3.63) is 11.6 Å². The molecule has 0 amide bonds. The van der Waals surface area contributed by atoms with E-state index in [4.69, 9.17) is 9.47 Å². The van der Waals surface area contributed by atoms with Gasteiger partial charge in [-0.2, -0.15) is 0 Å². The van der Waals surface area contributed by atoms with Crippen molar-refractivity contribution in [3.8, 4) is 0 Å². The Morgan fingerprint density at radius 2 is 1.49 bits per heavy atom. The highest BCUT2D eigenvalue weighted by atomic mass is 16.7. The van der Waals surface area contributed by atoms with Crippen LogP contribution in [0.5, 0.6) is 0 Å². The van der Waals surface area contributed by atoms with Gasteiger partial charge in [-0.25, -0.2) is 0 Å². The predicted molar refractivity (Wildman–Crippen MR) is 166 cm³/mol. The molecule has 0 aromatic rings. The van der Waals surface area contributed by atoms with Crippen molar-refractivity contribution < 1.29 is 44.6 Å². The maximum Gasteiger partial charge on any atom is 0.314 e. The standard InChI is InChI=1S/C36H56O9/c1-19-25(37)26(38)27(39)28(44-19)45-24-11-12-33(6)22(32(24,4)5)10-13-34(7)23(33)9-8-20-21-18-31(2,3)14-15-35(21,29(40)41)16-17-36(20,34)30(42)43/h8,19,21-28,37-39H,9-18H2,1-7H3,(H,40,41)(H,42,43)/t19-,21-,22-,23-,24+,25-,26+,27-,28+,33+,34-,35+,36-/m1/s1. The van der Waals surface area contributed by atoms with Crippen LogP contribution in [-0.2, 0) is 19.1 Å². The summed E-state index contributed by atoms with van der Waals surface area (Å²) < 4.78 is 12.3. The van der Waals surface area contributed by atoms with Crippen molar-refractivity contribution in [2.75, 3.05) is 0 Å². The molecule has 45 heavy (non-hydrogen) atoms. The van der Waals surface area contributed by atoms with Crippen LogP contribution in [0.15, 0.2) is 11.6 Å². The number of carboxylic acids is 2. The van der Waals surface area contributed by atoms with Crippen LogP contribution >= 0.6 is 0 Å². The zero-order valence-corrected chi connectivity index (χ0v) is 28.2. The number of allylic oxidation sites excluding steroid dienone is 1. The molecule has 13 atom stereocenters. The van der Waals surface area contributed by atoms with Gasteiger partial charge in [-0.1, -0.05) is 53.2 Å². The molecule has 0 unspecified atom stereocenters. The van der Waals surface area contributed by atoms with Gasteiger partial charge < -0.3 is 35.0 Å². The average Bonchev–Trinajstić information content (AvgIpc) is 2.95. The number of carboxylic acid groups (broad SMARTS) is 2. The van der Waals surface area contributed by atoms with Crippen molar-refractivity contribution in [2.24, 2.45) is 50.2 Å². The van der Waals surface area contributed by atoms with Crippen molar-refractivity contribution in [2.45, 2.75) is 149 Å². The van der Waals surface area contributed by atoms with Gasteiger partial charge in [-0.05, 0) is 111 Å². The third kappa shape index (κ3) is 4.42. The number of hydrogen-bond acceptors (Lipinski definition) is 7. The van der Waals surface area contributed by atoms with Gasteiger partial charge in [-0.15, -0.1) is 0 Å². The molecule has 6 rings (SSSR count). The monoisotopic (exact) mass is 632 g/mol. The first kappa shape index (κ1) is 33.4. The zero-order valence-electron chi connectivity index (χ0n) is 28.2. The van der Waals surface area contributed by atoms with E-state index in [-0.39, 0.29) is 40.1 Å². The van der Waals surface area contributed by atoms with Gasteiger partial charge in [0, 0.05) is 0 Å². The highest BCUT2D eigenvalue weighted by molar-refractivity contribution is 5.84. The maximum atomic E-state index is 13.8. The van der Waals surface area contributed by atoms with Gasteiger partial charge in [0.15, 0.2) is 6.29 Å². The van der Waals surface area contributed by atoms with Crippen LogP contribution in [0.4, 0.5) is 0 Å². The van der Waals surface area contributed by atoms with Crippen LogP contribution in [0.3, 0.4) is 0 Å². The Balaban J connectivity index is 1.35. The summed E-state index contributed by atoms with van der Waals surface area (Å²) in [7, 11) is 0. The van der Waals surface area contributed by atoms with Crippen LogP contribution in [0.25, 0.3) is 0 Å². The van der Waals surface area contributed by atoms with Crippen LogP contribution in [-0.4, -0.2) is 74.3 Å². The number of fused-ring (bicyclic) bond motifs is 7. The van der Waals surface area contributed by atoms with E-state index >= 15 is 0 Å². The first-order valence-electron chi connectivity index (χ1n) is 17.3. The summed E-state index contributed by atoms with van der Waals surface area (Å²) in [5, 5.41) is 53.2. The lowest BCUT2D eigenvalue weighted by Crippen LogP contribution is -2.68. The summed E-state index contributed by atoms with van der Waals surface area (Å²) in [5.74, 6) is -1.52. The van der Waals surface area contributed by atoms with E-state index in [0.29, 0.717) is 32.1 Å². The summed E-state index contributed by atoms with van der Waals surface area (Å²) in [6.45, 7) is 15.0. The summed E-state index contributed by atoms with van der Waals surface area (Å²) in [5.41, 5.74) is -2.17. The SMILES string of the molecule is C[C@H]1O[C@@H](O[C@H]2CC[C@@]3(C)[C@H](CC[C@]4(C)[C@@H]3CC=C3[C@H]5CC(C)(C)CC[C@]5(C(=O)O)CC[C@]34C(=O)O)C2(C)C)[C@H](O)[C@@H](O)[C@@H]1O. The van der Waals surface area contributed by atoms with Gasteiger partial charge >= 0.3 is 11.9 Å². The second-order valence-electron chi connectivity index (χ2n) is 17.7. The average molecular weight is 633 g/mol. The van der Waals surface area contributed by atoms with Crippen LogP contribution in [0.1, 0.15) is 113 Å². The Morgan fingerprint density at radius 1 is 0.822 bits per heavy atom. The number of ether oxygens (including phenoxy) is 2. The smallest absolute Gasteiger partial charge is 0.314 e. The normalized spacial score (nSPS) is 51.9. The fraction of sp³-hybridized carbons (Fsp3) is 0.889. The largest absolute Gasteiger partial charge is 0.481 e. The summed E-state index contributed by atoms with van der Waals surface area (Å²) in [4.78, 5) is 26.7. The number of hydrogen-bond donors (Lipinski definition) is 5. The van der Waals surface area contributed by atoms with E-state index in [2.05, 4.69) is 47.6 Å². The van der Waals surface area contributed by atoms with Gasteiger partial charge in [0.2, 0.25) is 0 Å². The lowest BCUT2D eigenvalue weighted by Gasteiger charge is -2.70. The van der Waals surface area contributed by atoms with E-state index in [1.165, 1.54) is 0 Å². The molecule has 4 saturated carbocycles. The number of aliphatic hydroxyl groups is 3. The quantitative estimate of drug-likeness (QED) is 0.209. The minimum atomic E-state index is -1.36. The van der Waals surface area contributed by atoms with Crippen molar-refractivity contribution in [3.63, 3.8) is 0 Å². The Kier molecular flexibility index (Phi) is 7.78. The van der Waals surface area contributed by atoms with E-state index in [1.54, 1.807) is 6.92 Å². The third-order valence-electron chi connectivity index (χ3n) is 14.9. The molecule has 0 radical (unpaired) electrons. The molecule has 6 aliphatic rings. The summed E-state index contributed by atoms with van der Waals surface area (Å²) in [6, 6.07) is 0. The molecule has 254 valence electrons. The van der Waals surface area contributed by atoms with Gasteiger partial charge in [0.25, 0.3) is 0 Å². The molecule has 0 bridgehead atoms. The minimum absolute atomic E-state index is 0.0443. The Morgan fingerprint density at radius 3 is 2.13 bits per heavy atom. The molecule has 9 nitrogen and oxygen atoms in total. The fourth-order valence-electron chi connectivity index (χ4n) is 12.3. The Hall–Kier alpha value is -1.52. The molecule has 1 aliphatic heterocycles. The number of aliphatic carboxylic acids is 2. The van der Waals surface area contributed by atoms with Crippen molar-refractivity contribution in [1.29, 1.82) is 0 Å². The fourth-order valence-corrected chi connectivity index (χ4v) is 12.3. The van der Waals surface area contributed by atoms with Gasteiger partial charge in [0.1, 0.15) is 18.3 Å². The second-order valence-corrected chi connectivity index (χ2v) is 17.7. The van der Waals surface area contributed by atoms with Gasteiger partial charge in [0.05, 0.1) is 23.0 Å². The topological polar surface area (TPSA) is 154 Å². The molecular formula is C36H56O9. The first-order valence-corrected chi connectivity index (χ1v) is 17.3. The van der Waals surface area contributed by atoms with E-state index in [0.717, 1.165) is 37.7 Å². The van der Waals surface area contributed by atoms with E-state index < -0.39 is 58.9 Å². The minimum Gasteiger partial charge on any atom is -0.481 e. The molecule has 1 heterocycles. The summed E-state index contributed by atoms with van der Waals surface area (Å²) >= 11 is 0. The first-order chi connectivity index (χ1) is 20.8. The van der Waals surface area contributed by atoms with Gasteiger partial charge in [-0.3, -0.25) is 9.59 Å². The molecule has 5 aliphatic carbocycles. The Bertz CT molecular complexity index is 1260. The molecule has 0 aromatic carbocycles. The number of carbonyl (C=O) groups is 2. The van der Waals surface area contributed by atoms with Crippen molar-refractivity contribution >= 4 is 11.9 Å². The van der Waals surface area contributed by atoms with Crippen LogP contribution < -0.4 is 0 Å². The molecule has 0 spiro atoms. The Labute approximate surface area is 267 Å². The number of rotatable bonds is 4. The maximum absolute atomic E-state index is 13.8. The van der Waals surface area contributed by atoms with Crippen LogP contribution in [0, 0.1) is 50.2 Å². The molecule has 5 N–H and O–H groups in total. The molecule has 9 heteroatoms. The lowest BCUT2D eigenvalue weighted by atomic mass is 9.33. The predicted octanol–water partition coefficient (Wildman–Crippen LogP) is 5.15. The lowest BCUT2D eigenvalue weighted by molar-refractivity contribution is -0.324. The van der Waals surface area contributed by atoms with E-state index in [9.17, 15) is 35.1 Å². The zero-order chi connectivity index (χ0) is 33.1. The highest BCUT2D eigenvalue weighted by Gasteiger charge is 2.73. The third-order valence-corrected chi connectivity index (χ3v) is 14.9. The van der Waals surface area contributed by atoms with Crippen molar-refractivity contribution in [1.82, 2.24) is 0 Å². The molecular weight excluding hydrogens is 576 g/mol. The van der Waals surface area contributed by atoms with Crippen LogP contribution in [0.2, 0.25) is 0 Å². The number of aliphatic hydroxyl groups excluding tert-OH is 3. The summed E-state index contributed by atoms with van der Waals surface area (Å²) in [6.07, 6.45) is 3.02. The molecule has 5 fully saturated rings.